The first-order chi connectivity index (χ1) is 7.74. The van der Waals surface area contributed by atoms with Crippen LogP contribution in [0.25, 0.3) is 0 Å². The average molecular weight is 237 g/mol. The molecule has 1 aromatic carbocycles. The Morgan fingerprint density at radius 1 is 1.12 bits per heavy atom. The van der Waals surface area contributed by atoms with Gasteiger partial charge in [-0.3, -0.25) is 0 Å². The van der Waals surface area contributed by atoms with Crippen molar-refractivity contribution in [1.29, 1.82) is 0 Å². The van der Waals surface area contributed by atoms with E-state index in [1.54, 1.807) is 0 Å². The zero-order chi connectivity index (χ0) is 11.8. The number of thioether (sulfide) groups is 1. The molecule has 0 aliphatic rings. The third-order valence-electron chi connectivity index (χ3n) is 2.67. The third kappa shape index (κ3) is 5.04. The van der Waals surface area contributed by atoms with E-state index in [1.807, 2.05) is 11.8 Å². The van der Waals surface area contributed by atoms with Gasteiger partial charge in [0.1, 0.15) is 0 Å². The van der Waals surface area contributed by atoms with Crippen LogP contribution in [0.5, 0.6) is 0 Å². The van der Waals surface area contributed by atoms with Crippen molar-refractivity contribution in [3.8, 4) is 0 Å². The van der Waals surface area contributed by atoms with Gasteiger partial charge in [0.2, 0.25) is 0 Å². The minimum atomic E-state index is 1.14. The first-order valence-corrected chi connectivity index (χ1v) is 7.13. The van der Waals surface area contributed by atoms with Crippen molar-refractivity contribution in [2.45, 2.75) is 38.5 Å². The lowest BCUT2D eigenvalue weighted by Crippen LogP contribution is -2.16. The Bertz CT molecular complexity index is 310. The molecule has 0 amide bonds. The lowest BCUT2D eigenvalue weighted by atomic mass is 10.1. The van der Waals surface area contributed by atoms with Gasteiger partial charge in [0.15, 0.2) is 0 Å². The summed E-state index contributed by atoms with van der Waals surface area (Å²) >= 11 is 1.96. The molecule has 0 heterocycles. The van der Waals surface area contributed by atoms with Gasteiger partial charge < -0.3 is 5.32 Å². The number of hydrogen-bond donors (Lipinski definition) is 1. The second kappa shape index (κ2) is 7.75. The molecule has 1 aromatic rings. The molecule has 0 aromatic heterocycles. The first kappa shape index (κ1) is 13.6. The van der Waals surface area contributed by atoms with Gasteiger partial charge in [-0.2, -0.15) is 0 Å². The van der Waals surface area contributed by atoms with E-state index < -0.39 is 0 Å². The van der Waals surface area contributed by atoms with Gasteiger partial charge in [0, 0.05) is 4.90 Å². The SMILES string of the molecule is CCCNCCCSc1ccc(C)c(C)c1. The standard InChI is InChI=1S/C14H23NS/c1-4-8-15-9-5-10-16-14-7-6-12(2)13(3)11-14/h6-7,11,15H,4-5,8-10H2,1-3H3. The van der Waals surface area contributed by atoms with Crippen molar-refractivity contribution < 1.29 is 0 Å². The quantitative estimate of drug-likeness (QED) is 0.572. The molecule has 0 unspecified atom stereocenters. The van der Waals surface area contributed by atoms with Crippen LogP contribution in [0.1, 0.15) is 30.9 Å². The molecule has 1 N–H and O–H groups in total. The van der Waals surface area contributed by atoms with E-state index in [9.17, 15) is 0 Å². The molecule has 0 aliphatic heterocycles. The van der Waals surface area contributed by atoms with Crippen LogP contribution in [0.4, 0.5) is 0 Å². The van der Waals surface area contributed by atoms with Crippen molar-refractivity contribution >= 4 is 11.8 Å². The zero-order valence-electron chi connectivity index (χ0n) is 10.7. The summed E-state index contributed by atoms with van der Waals surface area (Å²) in [6, 6.07) is 6.74. The second-order valence-electron chi connectivity index (χ2n) is 4.20. The van der Waals surface area contributed by atoms with Crippen molar-refractivity contribution in [1.82, 2.24) is 5.32 Å². The summed E-state index contributed by atoms with van der Waals surface area (Å²) in [6.45, 7) is 8.84. The molecular formula is C14H23NS. The Hall–Kier alpha value is -0.470. The van der Waals surface area contributed by atoms with E-state index in [2.05, 4.69) is 44.3 Å². The fraction of sp³-hybridized carbons (Fsp3) is 0.571. The Labute approximate surface area is 104 Å². The topological polar surface area (TPSA) is 12.0 Å². The maximum atomic E-state index is 3.43. The highest BCUT2D eigenvalue weighted by Crippen LogP contribution is 2.21. The van der Waals surface area contributed by atoms with Crippen LogP contribution in [-0.4, -0.2) is 18.8 Å². The molecule has 2 heteroatoms. The Morgan fingerprint density at radius 3 is 2.62 bits per heavy atom. The highest BCUT2D eigenvalue weighted by atomic mass is 32.2. The number of benzene rings is 1. The average Bonchev–Trinajstić information content (AvgIpc) is 2.28. The fourth-order valence-electron chi connectivity index (χ4n) is 1.49. The second-order valence-corrected chi connectivity index (χ2v) is 5.37. The maximum absolute atomic E-state index is 3.43. The Morgan fingerprint density at radius 2 is 1.94 bits per heavy atom. The Kier molecular flexibility index (Phi) is 6.58. The summed E-state index contributed by atoms with van der Waals surface area (Å²) in [5.74, 6) is 1.21. The lowest BCUT2D eigenvalue weighted by Gasteiger charge is -2.05. The molecule has 16 heavy (non-hydrogen) atoms. The highest BCUT2D eigenvalue weighted by molar-refractivity contribution is 7.99. The van der Waals surface area contributed by atoms with E-state index in [0.717, 1.165) is 13.1 Å². The van der Waals surface area contributed by atoms with Gasteiger partial charge in [-0.25, -0.2) is 0 Å². The molecule has 0 bridgehead atoms. The van der Waals surface area contributed by atoms with E-state index in [-0.39, 0.29) is 0 Å². The number of hydrogen-bond acceptors (Lipinski definition) is 2. The Balaban J connectivity index is 2.19. The highest BCUT2D eigenvalue weighted by Gasteiger charge is 1.97. The minimum absolute atomic E-state index is 1.14. The molecule has 0 atom stereocenters. The number of aryl methyl sites for hydroxylation is 2. The molecule has 1 nitrogen and oxygen atoms in total. The fourth-order valence-corrected chi connectivity index (χ4v) is 2.44. The van der Waals surface area contributed by atoms with Gasteiger partial charge in [0.25, 0.3) is 0 Å². The smallest absolute Gasteiger partial charge is 0.00747 e. The predicted octanol–water partition coefficient (Wildman–Crippen LogP) is 3.79. The summed E-state index contributed by atoms with van der Waals surface area (Å²) in [6.07, 6.45) is 2.47. The van der Waals surface area contributed by atoms with E-state index in [4.69, 9.17) is 0 Å². The van der Waals surface area contributed by atoms with E-state index in [0.29, 0.717) is 0 Å². The maximum Gasteiger partial charge on any atom is 0.00747 e. The molecule has 0 fully saturated rings. The normalized spacial score (nSPS) is 10.7. The summed E-state index contributed by atoms with van der Waals surface area (Å²) in [4.78, 5) is 1.40. The van der Waals surface area contributed by atoms with Crippen LogP contribution in [0.15, 0.2) is 23.1 Å². The van der Waals surface area contributed by atoms with Crippen LogP contribution in [0.3, 0.4) is 0 Å². The van der Waals surface area contributed by atoms with Gasteiger partial charge >= 0.3 is 0 Å². The molecular weight excluding hydrogens is 214 g/mol. The number of nitrogens with one attached hydrogen (secondary N) is 1. The summed E-state index contributed by atoms with van der Waals surface area (Å²) < 4.78 is 0. The number of rotatable bonds is 7. The van der Waals surface area contributed by atoms with Crippen LogP contribution in [-0.2, 0) is 0 Å². The van der Waals surface area contributed by atoms with Crippen LogP contribution in [0, 0.1) is 13.8 Å². The molecule has 0 radical (unpaired) electrons. The summed E-state index contributed by atoms with van der Waals surface area (Å²) in [5.41, 5.74) is 2.78. The molecule has 1 rings (SSSR count). The zero-order valence-corrected chi connectivity index (χ0v) is 11.5. The lowest BCUT2D eigenvalue weighted by molar-refractivity contribution is 0.664. The van der Waals surface area contributed by atoms with Gasteiger partial charge in [-0.1, -0.05) is 13.0 Å². The van der Waals surface area contributed by atoms with Crippen molar-refractivity contribution in [2.24, 2.45) is 0 Å². The van der Waals surface area contributed by atoms with Crippen molar-refractivity contribution in [2.75, 3.05) is 18.8 Å². The minimum Gasteiger partial charge on any atom is -0.317 e. The van der Waals surface area contributed by atoms with Crippen LogP contribution < -0.4 is 5.32 Å². The first-order valence-electron chi connectivity index (χ1n) is 6.15. The van der Waals surface area contributed by atoms with E-state index >= 15 is 0 Å². The van der Waals surface area contributed by atoms with Gasteiger partial charge in [-0.15, -0.1) is 11.8 Å². The molecule has 0 saturated heterocycles. The molecule has 0 saturated carbocycles. The monoisotopic (exact) mass is 237 g/mol. The van der Waals surface area contributed by atoms with E-state index in [1.165, 1.54) is 34.6 Å². The largest absolute Gasteiger partial charge is 0.317 e. The van der Waals surface area contributed by atoms with Crippen LogP contribution >= 0.6 is 11.8 Å². The predicted molar refractivity (Wildman–Crippen MR) is 74.4 cm³/mol. The summed E-state index contributed by atoms with van der Waals surface area (Å²) in [7, 11) is 0. The summed E-state index contributed by atoms with van der Waals surface area (Å²) in [5, 5.41) is 3.43. The van der Waals surface area contributed by atoms with Gasteiger partial charge in [0.05, 0.1) is 0 Å². The molecule has 90 valence electrons. The molecule has 0 spiro atoms. The van der Waals surface area contributed by atoms with Crippen molar-refractivity contribution in [3.63, 3.8) is 0 Å². The van der Waals surface area contributed by atoms with Crippen molar-refractivity contribution in [3.05, 3.63) is 29.3 Å². The molecule has 0 aliphatic carbocycles. The van der Waals surface area contributed by atoms with Crippen LogP contribution in [0.2, 0.25) is 0 Å². The third-order valence-corrected chi connectivity index (χ3v) is 3.75. The van der Waals surface area contributed by atoms with Gasteiger partial charge in [-0.05, 0) is 68.8 Å².